The van der Waals surface area contributed by atoms with Gasteiger partial charge in [-0.2, -0.15) is 0 Å². The van der Waals surface area contributed by atoms with Gasteiger partial charge in [0.2, 0.25) is 5.91 Å². The zero-order chi connectivity index (χ0) is 17.6. The van der Waals surface area contributed by atoms with Crippen molar-refractivity contribution in [3.05, 3.63) is 35.9 Å². The number of carbonyl (C=O) groups excluding carboxylic acids is 2. The van der Waals surface area contributed by atoms with Crippen LogP contribution in [0.2, 0.25) is 0 Å². The van der Waals surface area contributed by atoms with Crippen molar-refractivity contribution in [3.8, 4) is 0 Å². The van der Waals surface area contributed by atoms with E-state index in [1.54, 1.807) is 24.3 Å². The maximum Gasteiger partial charge on any atom is 0.329 e. The van der Waals surface area contributed by atoms with Crippen LogP contribution in [0.1, 0.15) is 62.2 Å². The van der Waals surface area contributed by atoms with Gasteiger partial charge in [0.15, 0.2) is 5.78 Å². The first-order valence-electron chi connectivity index (χ1n) is 8.59. The van der Waals surface area contributed by atoms with E-state index in [1.165, 1.54) is 0 Å². The Morgan fingerprint density at radius 1 is 1.12 bits per heavy atom. The molecule has 24 heavy (non-hydrogen) atoms. The molecule has 1 saturated carbocycles. The van der Waals surface area contributed by atoms with Crippen molar-refractivity contribution in [3.63, 3.8) is 0 Å². The number of carbonyl (C=O) groups is 3. The third-order valence-electron chi connectivity index (χ3n) is 5.00. The Kier molecular flexibility index (Phi) is 6.12. The molecule has 5 heteroatoms. The maximum atomic E-state index is 12.2. The molecule has 2 rings (SSSR count). The summed E-state index contributed by atoms with van der Waals surface area (Å²) in [7, 11) is 0. The fourth-order valence-electron chi connectivity index (χ4n) is 3.30. The Balaban J connectivity index is 1.90. The number of rotatable bonds is 7. The average Bonchev–Trinajstić information content (AvgIpc) is 2.61. The van der Waals surface area contributed by atoms with Gasteiger partial charge in [-0.25, -0.2) is 4.79 Å². The van der Waals surface area contributed by atoms with Gasteiger partial charge in [-0.1, -0.05) is 43.7 Å². The fourth-order valence-corrected chi connectivity index (χ4v) is 3.30. The number of aliphatic carboxylic acids is 1. The summed E-state index contributed by atoms with van der Waals surface area (Å²) in [4.78, 5) is 35.9. The van der Waals surface area contributed by atoms with Gasteiger partial charge in [0.1, 0.15) is 5.54 Å². The van der Waals surface area contributed by atoms with Crippen LogP contribution >= 0.6 is 0 Å². The van der Waals surface area contributed by atoms with E-state index in [0.29, 0.717) is 24.3 Å². The van der Waals surface area contributed by atoms with Crippen molar-refractivity contribution in [2.45, 2.75) is 57.4 Å². The van der Waals surface area contributed by atoms with Crippen molar-refractivity contribution in [1.82, 2.24) is 5.32 Å². The van der Waals surface area contributed by atoms with E-state index >= 15 is 0 Å². The van der Waals surface area contributed by atoms with Crippen LogP contribution in [0.3, 0.4) is 0 Å². The molecule has 0 radical (unpaired) electrons. The monoisotopic (exact) mass is 331 g/mol. The molecule has 0 saturated heterocycles. The number of hydrogen-bond acceptors (Lipinski definition) is 3. The van der Waals surface area contributed by atoms with Crippen molar-refractivity contribution in [1.29, 1.82) is 0 Å². The van der Waals surface area contributed by atoms with E-state index in [4.69, 9.17) is 0 Å². The molecular formula is C19H25NO4. The van der Waals surface area contributed by atoms with Crippen molar-refractivity contribution in [2.24, 2.45) is 5.92 Å². The summed E-state index contributed by atoms with van der Waals surface area (Å²) in [6.07, 6.45) is 3.68. The lowest BCUT2D eigenvalue weighted by atomic mass is 9.75. The standard InChI is InChI=1S/C19H25NO4/c1-2-14-10-12-19(13-11-14,18(23)24)20-17(22)9-8-16(21)15-6-4-3-5-7-15/h3-7,14H,2,8-13H2,1H3,(H,20,22)(H,23,24). The van der Waals surface area contributed by atoms with E-state index < -0.39 is 11.5 Å². The first-order chi connectivity index (χ1) is 11.5. The van der Waals surface area contributed by atoms with E-state index in [9.17, 15) is 19.5 Å². The largest absolute Gasteiger partial charge is 0.480 e. The molecule has 0 aliphatic heterocycles. The molecule has 1 aliphatic carbocycles. The van der Waals surface area contributed by atoms with Gasteiger partial charge < -0.3 is 10.4 Å². The van der Waals surface area contributed by atoms with Crippen LogP contribution in [0.4, 0.5) is 0 Å². The predicted octanol–water partition coefficient (Wildman–Crippen LogP) is 3.19. The Morgan fingerprint density at radius 2 is 1.75 bits per heavy atom. The zero-order valence-electron chi connectivity index (χ0n) is 14.1. The van der Waals surface area contributed by atoms with Crippen molar-refractivity contribution < 1.29 is 19.5 Å². The van der Waals surface area contributed by atoms with Gasteiger partial charge in [0.05, 0.1) is 0 Å². The normalized spacial score (nSPS) is 23.5. The second-order valence-electron chi connectivity index (χ2n) is 6.58. The minimum Gasteiger partial charge on any atom is -0.480 e. The van der Waals surface area contributed by atoms with Crippen LogP contribution in [0.25, 0.3) is 0 Å². The third-order valence-corrected chi connectivity index (χ3v) is 5.00. The molecule has 0 unspecified atom stereocenters. The van der Waals surface area contributed by atoms with E-state index in [1.807, 2.05) is 6.07 Å². The Morgan fingerprint density at radius 3 is 2.29 bits per heavy atom. The van der Waals surface area contributed by atoms with Gasteiger partial charge >= 0.3 is 5.97 Å². The van der Waals surface area contributed by atoms with Crippen LogP contribution in [-0.2, 0) is 9.59 Å². The number of benzene rings is 1. The molecule has 1 fully saturated rings. The van der Waals surface area contributed by atoms with Crippen LogP contribution in [-0.4, -0.2) is 28.3 Å². The molecule has 0 spiro atoms. The minimum absolute atomic E-state index is 0.0139. The molecule has 2 N–H and O–H groups in total. The van der Waals surface area contributed by atoms with Gasteiger partial charge in [-0.05, 0) is 31.6 Å². The van der Waals surface area contributed by atoms with E-state index in [0.717, 1.165) is 19.3 Å². The van der Waals surface area contributed by atoms with E-state index in [-0.39, 0.29) is 24.5 Å². The summed E-state index contributed by atoms with van der Waals surface area (Å²) in [6.45, 7) is 2.10. The molecule has 1 aliphatic rings. The second-order valence-corrected chi connectivity index (χ2v) is 6.58. The van der Waals surface area contributed by atoms with Crippen molar-refractivity contribution in [2.75, 3.05) is 0 Å². The van der Waals surface area contributed by atoms with Crippen LogP contribution in [0.15, 0.2) is 30.3 Å². The first-order valence-corrected chi connectivity index (χ1v) is 8.59. The summed E-state index contributed by atoms with van der Waals surface area (Å²) < 4.78 is 0. The Bertz CT molecular complexity index is 589. The highest BCUT2D eigenvalue weighted by Gasteiger charge is 2.42. The summed E-state index contributed by atoms with van der Waals surface area (Å²) in [6, 6.07) is 8.81. The lowest BCUT2D eigenvalue weighted by Gasteiger charge is -2.37. The molecule has 1 aromatic carbocycles. The SMILES string of the molecule is CCC1CCC(NC(=O)CCC(=O)c2ccccc2)(C(=O)O)CC1. The number of carboxylic acids is 1. The molecule has 0 heterocycles. The molecule has 0 atom stereocenters. The summed E-state index contributed by atoms with van der Waals surface area (Å²) >= 11 is 0. The smallest absolute Gasteiger partial charge is 0.329 e. The first kappa shape index (κ1) is 18.2. The molecule has 1 amide bonds. The second kappa shape index (κ2) is 8.08. The number of amides is 1. The summed E-state index contributed by atoms with van der Waals surface area (Å²) in [5.41, 5.74) is -0.597. The average molecular weight is 331 g/mol. The molecule has 130 valence electrons. The molecule has 1 aromatic rings. The highest BCUT2D eigenvalue weighted by molar-refractivity contribution is 5.98. The maximum absolute atomic E-state index is 12.2. The van der Waals surface area contributed by atoms with Crippen LogP contribution in [0, 0.1) is 5.92 Å². The number of hydrogen-bond donors (Lipinski definition) is 2. The molecule has 0 bridgehead atoms. The van der Waals surface area contributed by atoms with Gasteiger partial charge in [-0.15, -0.1) is 0 Å². The topological polar surface area (TPSA) is 83.5 Å². The van der Waals surface area contributed by atoms with E-state index in [2.05, 4.69) is 12.2 Å². The molecule has 0 aromatic heterocycles. The highest BCUT2D eigenvalue weighted by Crippen LogP contribution is 2.34. The summed E-state index contributed by atoms with van der Waals surface area (Å²) in [5, 5.41) is 12.3. The lowest BCUT2D eigenvalue weighted by molar-refractivity contribution is -0.149. The molecular weight excluding hydrogens is 306 g/mol. The van der Waals surface area contributed by atoms with Gasteiger partial charge in [0, 0.05) is 18.4 Å². The van der Waals surface area contributed by atoms with Crippen molar-refractivity contribution >= 4 is 17.7 Å². The zero-order valence-corrected chi connectivity index (χ0v) is 14.1. The third kappa shape index (κ3) is 4.43. The quantitative estimate of drug-likeness (QED) is 0.752. The number of nitrogens with one attached hydrogen (secondary N) is 1. The number of carboxylic acid groups (broad SMARTS) is 1. The van der Waals surface area contributed by atoms with Gasteiger partial charge in [-0.3, -0.25) is 9.59 Å². The van der Waals surface area contributed by atoms with Crippen LogP contribution < -0.4 is 5.32 Å². The Labute approximate surface area is 142 Å². The lowest BCUT2D eigenvalue weighted by Crippen LogP contribution is -2.56. The number of ketones is 1. The minimum atomic E-state index is -1.17. The Hall–Kier alpha value is -2.17. The number of Topliss-reactive ketones (excluding diaryl/α,β-unsaturated/α-hetero) is 1. The van der Waals surface area contributed by atoms with Crippen LogP contribution in [0.5, 0.6) is 0 Å². The summed E-state index contributed by atoms with van der Waals surface area (Å²) in [5.74, 6) is -0.907. The predicted molar refractivity (Wildman–Crippen MR) is 90.8 cm³/mol. The fraction of sp³-hybridized carbons (Fsp3) is 0.526. The van der Waals surface area contributed by atoms with Gasteiger partial charge in [0.25, 0.3) is 0 Å². The molecule has 5 nitrogen and oxygen atoms in total. The highest BCUT2D eigenvalue weighted by atomic mass is 16.4.